The van der Waals surface area contributed by atoms with Gasteiger partial charge in [-0.1, -0.05) is 0 Å². The molecular weight excluding hydrogens is 388 g/mol. The van der Waals surface area contributed by atoms with Gasteiger partial charge in [0, 0.05) is 10.5 Å². The lowest BCUT2D eigenvalue weighted by Crippen LogP contribution is -2.21. The van der Waals surface area contributed by atoms with E-state index in [1.165, 1.54) is 13.2 Å². The number of anilines is 1. The zero-order chi connectivity index (χ0) is 17.7. The molecule has 1 amide bonds. The third kappa shape index (κ3) is 4.51. The van der Waals surface area contributed by atoms with E-state index < -0.39 is 30.1 Å². The number of hydrogen-bond donors (Lipinski definition) is 1. The first-order valence-electron chi connectivity index (χ1n) is 6.66. The number of benzene rings is 2. The van der Waals surface area contributed by atoms with Crippen molar-refractivity contribution in [2.45, 2.75) is 0 Å². The fraction of sp³-hybridized carbons (Fsp3) is 0.125. The Kier molecular flexibility index (Phi) is 5.86. The fourth-order valence-electron chi connectivity index (χ4n) is 1.77. The average Bonchev–Trinajstić information content (AvgIpc) is 2.55. The Bertz CT molecular complexity index is 783. The van der Waals surface area contributed by atoms with Gasteiger partial charge >= 0.3 is 5.97 Å². The van der Waals surface area contributed by atoms with E-state index >= 15 is 0 Å². The van der Waals surface area contributed by atoms with Crippen LogP contribution in [0.2, 0.25) is 0 Å². The monoisotopic (exact) mass is 399 g/mol. The summed E-state index contributed by atoms with van der Waals surface area (Å²) in [6, 6.07) is 7.40. The molecule has 0 saturated heterocycles. The van der Waals surface area contributed by atoms with Crippen molar-refractivity contribution in [1.82, 2.24) is 0 Å². The van der Waals surface area contributed by atoms with E-state index in [0.717, 1.165) is 12.1 Å². The second kappa shape index (κ2) is 7.87. The van der Waals surface area contributed by atoms with E-state index in [1.807, 2.05) is 0 Å². The molecule has 5 nitrogen and oxygen atoms in total. The summed E-state index contributed by atoms with van der Waals surface area (Å²) in [5.74, 6) is -2.75. The Labute approximate surface area is 144 Å². The van der Waals surface area contributed by atoms with Crippen LogP contribution in [0.4, 0.5) is 14.5 Å². The number of nitrogens with one attached hydrogen (secondary N) is 1. The van der Waals surface area contributed by atoms with Gasteiger partial charge in [0.1, 0.15) is 17.4 Å². The molecule has 126 valence electrons. The van der Waals surface area contributed by atoms with Crippen LogP contribution >= 0.6 is 15.9 Å². The van der Waals surface area contributed by atoms with Crippen LogP contribution in [0, 0.1) is 11.6 Å². The third-order valence-corrected chi connectivity index (χ3v) is 3.62. The van der Waals surface area contributed by atoms with Crippen LogP contribution in [0.5, 0.6) is 5.75 Å². The molecule has 0 aliphatic rings. The van der Waals surface area contributed by atoms with E-state index in [1.54, 1.807) is 12.1 Å². The van der Waals surface area contributed by atoms with Crippen LogP contribution < -0.4 is 10.1 Å². The molecule has 24 heavy (non-hydrogen) atoms. The number of carbonyl (C=O) groups excluding carboxylic acids is 2. The van der Waals surface area contributed by atoms with Crippen molar-refractivity contribution < 1.29 is 27.8 Å². The number of hydrogen-bond acceptors (Lipinski definition) is 4. The van der Waals surface area contributed by atoms with E-state index in [2.05, 4.69) is 21.2 Å². The molecule has 8 heteroatoms. The third-order valence-electron chi connectivity index (χ3n) is 2.93. The van der Waals surface area contributed by atoms with Crippen molar-refractivity contribution in [3.8, 4) is 5.75 Å². The quantitative estimate of drug-likeness (QED) is 0.781. The number of amides is 1. The Morgan fingerprint density at radius 2 is 1.92 bits per heavy atom. The lowest BCUT2D eigenvalue weighted by molar-refractivity contribution is -0.119. The fourth-order valence-corrected chi connectivity index (χ4v) is 2.18. The highest BCUT2D eigenvalue weighted by Crippen LogP contribution is 2.23. The molecule has 0 fully saturated rings. The Balaban J connectivity index is 1.97. The summed E-state index contributed by atoms with van der Waals surface area (Å²) < 4.78 is 36.6. The Morgan fingerprint density at radius 1 is 1.17 bits per heavy atom. The number of rotatable bonds is 5. The van der Waals surface area contributed by atoms with Crippen LogP contribution in [0.25, 0.3) is 0 Å². The predicted octanol–water partition coefficient (Wildman–Crippen LogP) is 3.53. The van der Waals surface area contributed by atoms with Gasteiger partial charge in [-0.2, -0.15) is 0 Å². The number of ether oxygens (including phenoxy) is 2. The zero-order valence-corrected chi connectivity index (χ0v) is 14.0. The molecule has 0 radical (unpaired) electrons. The van der Waals surface area contributed by atoms with Crippen LogP contribution in [-0.2, 0) is 9.53 Å². The van der Waals surface area contributed by atoms with Gasteiger partial charge in [0.15, 0.2) is 6.61 Å². The van der Waals surface area contributed by atoms with Gasteiger partial charge in [0.2, 0.25) is 0 Å². The van der Waals surface area contributed by atoms with Gasteiger partial charge in [0.05, 0.1) is 18.4 Å². The topological polar surface area (TPSA) is 64.6 Å². The van der Waals surface area contributed by atoms with Gasteiger partial charge < -0.3 is 14.8 Å². The van der Waals surface area contributed by atoms with E-state index in [0.29, 0.717) is 16.3 Å². The maximum absolute atomic E-state index is 13.4. The molecule has 1 N–H and O–H groups in total. The summed E-state index contributed by atoms with van der Waals surface area (Å²) in [4.78, 5) is 23.7. The molecule has 0 saturated carbocycles. The summed E-state index contributed by atoms with van der Waals surface area (Å²) in [7, 11) is 1.45. The largest absolute Gasteiger partial charge is 0.497 e. The molecule has 0 unspecified atom stereocenters. The first-order valence-corrected chi connectivity index (χ1v) is 7.45. The van der Waals surface area contributed by atoms with Crippen LogP contribution in [-0.4, -0.2) is 25.6 Å². The molecule has 0 spiro atoms. The van der Waals surface area contributed by atoms with Crippen molar-refractivity contribution in [3.63, 3.8) is 0 Å². The standard InChI is InChI=1S/C16H12BrF2NO4/c1-23-10-3-4-12(17)11(7-10)16(22)24-8-15(21)20-14-5-2-9(18)6-13(14)19/h2-7H,8H2,1H3,(H,20,21). The van der Waals surface area contributed by atoms with Crippen molar-refractivity contribution in [2.24, 2.45) is 0 Å². The molecule has 0 aliphatic carbocycles. The molecule has 0 heterocycles. The highest BCUT2D eigenvalue weighted by atomic mass is 79.9. The lowest BCUT2D eigenvalue weighted by Gasteiger charge is -2.09. The number of carbonyl (C=O) groups is 2. The summed E-state index contributed by atoms with van der Waals surface area (Å²) in [6.07, 6.45) is 0. The predicted molar refractivity (Wildman–Crippen MR) is 86.0 cm³/mol. The molecular formula is C16H12BrF2NO4. The molecule has 2 rings (SSSR count). The van der Waals surface area contributed by atoms with Crippen molar-refractivity contribution in [3.05, 3.63) is 58.1 Å². The first-order chi connectivity index (χ1) is 11.4. The summed E-state index contributed by atoms with van der Waals surface area (Å²) >= 11 is 3.20. The molecule has 0 atom stereocenters. The SMILES string of the molecule is COc1ccc(Br)c(C(=O)OCC(=O)Nc2ccc(F)cc2F)c1. The van der Waals surface area contributed by atoms with Gasteiger partial charge in [0.25, 0.3) is 5.91 Å². The highest BCUT2D eigenvalue weighted by Gasteiger charge is 2.15. The average molecular weight is 400 g/mol. The van der Waals surface area contributed by atoms with Crippen molar-refractivity contribution in [2.75, 3.05) is 19.0 Å². The zero-order valence-electron chi connectivity index (χ0n) is 12.4. The normalized spacial score (nSPS) is 10.2. The van der Waals surface area contributed by atoms with Crippen LogP contribution in [0.1, 0.15) is 10.4 Å². The minimum atomic E-state index is -0.926. The number of esters is 1. The first kappa shape index (κ1) is 17.9. The minimum absolute atomic E-state index is 0.176. The van der Waals surface area contributed by atoms with Crippen molar-refractivity contribution in [1.29, 1.82) is 0 Å². The number of methoxy groups -OCH3 is 1. The summed E-state index contributed by atoms with van der Waals surface area (Å²) in [5, 5.41) is 2.19. The van der Waals surface area contributed by atoms with Gasteiger partial charge in [-0.3, -0.25) is 4.79 Å². The molecule has 0 aliphatic heterocycles. The van der Waals surface area contributed by atoms with Gasteiger partial charge in [-0.15, -0.1) is 0 Å². The second-order valence-electron chi connectivity index (χ2n) is 4.59. The number of halogens is 3. The molecule has 0 bridgehead atoms. The highest BCUT2D eigenvalue weighted by molar-refractivity contribution is 9.10. The second-order valence-corrected chi connectivity index (χ2v) is 5.45. The summed E-state index contributed by atoms with van der Waals surface area (Å²) in [6.45, 7) is -0.626. The van der Waals surface area contributed by atoms with E-state index in [-0.39, 0.29) is 11.3 Å². The van der Waals surface area contributed by atoms with Crippen LogP contribution in [0.15, 0.2) is 40.9 Å². The minimum Gasteiger partial charge on any atom is -0.497 e. The smallest absolute Gasteiger partial charge is 0.339 e. The summed E-state index contributed by atoms with van der Waals surface area (Å²) in [5.41, 5.74) is -0.0323. The Hall–Kier alpha value is -2.48. The maximum atomic E-state index is 13.4. The van der Waals surface area contributed by atoms with Gasteiger partial charge in [-0.05, 0) is 46.3 Å². The van der Waals surface area contributed by atoms with Gasteiger partial charge in [-0.25, -0.2) is 13.6 Å². The van der Waals surface area contributed by atoms with Crippen LogP contribution in [0.3, 0.4) is 0 Å². The molecule has 2 aromatic rings. The molecule has 0 aromatic heterocycles. The molecule has 2 aromatic carbocycles. The Morgan fingerprint density at radius 3 is 2.58 bits per heavy atom. The van der Waals surface area contributed by atoms with E-state index in [9.17, 15) is 18.4 Å². The lowest BCUT2D eigenvalue weighted by atomic mass is 10.2. The maximum Gasteiger partial charge on any atom is 0.339 e. The van der Waals surface area contributed by atoms with Crippen molar-refractivity contribution >= 4 is 33.5 Å². The van der Waals surface area contributed by atoms with E-state index in [4.69, 9.17) is 9.47 Å².